The molecule has 7 nitrogen and oxygen atoms in total. The van der Waals surface area contributed by atoms with E-state index in [1.54, 1.807) is 12.7 Å². The smallest absolute Gasteiger partial charge is 0.274 e. The molecule has 0 N–H and O–H groups in total. The molecule has 1 aliphatic carbocycles. The average Bonchev–Trinajstić information content (AvgIpc) is 3.12. The van der Waals surface area contributed by atoms with Gasteiger partial charge in [-0.2, -0.15) is 10.2 Å². The van der Waals surface area contributed by atoms with Gasteiger partial charge in [-0.1, -0.05) is 0 Å². The van der Waals surface area contributed by atoms with E-state index in [0.717, 1.165) is 19.4 Å². The number of likely N-dealkylation sites (tertiary alicyclic amines) is 1. The lowest BCUT2D eigenvalue weighted by Gasteiger charge is -2.32. The number of hydrogen-bond donors (Lipinski definition) is 0. The Labute approximate surface area is 148 Å². The Bertz CT molecular complexity index is 753. The van der Waals surface area contributed by atoms with E-state index < -0.39 is 0 Å². The highest BCUT2D eigenvalue weighted by Gasteiger charge is 2.34. The van der Waals surface area contributed by atoms with Crippen molar-refractivity contribution in [3.8, 4) is 0 Å². The van der Waals surface area contributed by atoms with Crippen LogP contribution in [0.1, 0.15) is 74.6 Å². The second-order valence-corrected chi connectivity index (χ2v) is 8.23. The number of rotatable bonds is 3. The summed E-state index contributed by atoms with van der Waals surface area (Å²) in [4.78, 5) is 19.0. The van der Waals surface area contributed by atoms with Gasteiger partial charge in [0.2, 0.25) is 0 Å². The Morgan fingerprint density at radius 3 is 2.68 bits per heavy atom. The van der Waals surface area contributed by atoms with Gasteiger partial charge in [0.15, 0.2) is 5.69 Å². The maximum Gasteiger partial charge on any atom is 0.274 e. The van der Waals surface area contributed by atoms with Crippen LogP contribution in [-0.4, -0.2) is 48.4 Å². The molecule has 25 heavy (non-hydrogen) atoms. The Hall–Kier alpha value is -2.18. The molecule has 2 aromatic rings. The van der Waals surface area contributed by atoms with Gasteiger partial charge in [-0.05, 0) is 52.5 Å². The molecule has 1 atom stereocenters. The molecule has 1 saturated heterocycles. The van der Waals surface area contributed by atoms with Crippen LogP contribution in [0.15, 0.2) is 18.7 Å². The largest absolute Gasteiger partial charge is 0.335 e. The van der Waals surface area contributed by atoms with Gasteiger partial charge < -0.3 is 4.90 Å². The molecule has 4 rings (SSSR count). The monoisotopic (exact) mass is 342 g/mol. The fraction of sp³-hybridized carbons (Fsp3) is 0.667. The molecule has 1 amide bonds. The SMILES string of the molecule is CC(C)(C)n1nc(C(=O)N2CCC[C@H](n3cncn3)C2)cc1C1CC1. The molecule has 7 heteroatoms. The number of carbonyl (C=O) groups excluding carboxylic acids is 1. The molecular formula is C18H26N6O. The van der Waals surface area contributed by atoms with Crippen molar-refractivity contribution in [1.29, 1.82) is 0 Å². The molecule has 2 aromatic heterocycles. The second kappa shape index (κ2) is 5.97. The van der Waals surface area contributed by atoms with Crippen molar-refractivity contribution < 1.29 is 4.79 Å². The molecule has 2 aliphatic rings. The predicted octanol–water partition coefficient (Wildman–Crippen LogP) is 2.58. The Morgan fingerprint density at radius 1 is 1.24 bits per heavy atom. The summed E-state index contributed by atoms with van der Waals surface area (Å²) in [5.74, 6) is 0.604. The van der Waals surface area contributed by atoms with Crippen molar-refractivity contribution in [1.82, 2.24) is 29.4 Å². The summed E-state index contributed by atoms with van der Waals surface area (Å²) in [6.45, 7) is 7.87. The van der Waals surface area contributed by atoms with Gasteiger partial charge >= 0.3 is 0 Å². The van der Waals surface area contributed by atoms with Crippen molar-refractivity contribution in [2.24, 2.45) is 0 Å². The summed E-state index contributed by atoms with van der Waals surface area (Å²) < 4.78 is 3.92. The van der Waals surface area contributed by atoms with Crippen LogP contribution in [0.25, 0.3) is 0 Å². The number of amides is 1. The fourth-order valence-electron chi connectivity index (χ4n) is 3.63. The molecule has 0 aromatic carbocycles. The average molecular weight is 342 g/mol. The first kappa shape index (κ1) is 16.3. The lowest BCUT2D eigenvalue weighted by atomic mass is 10.1. The summed E-state index contributed by atoms with van der Waals surface area (Å²) in [7, 11) is 0. The molecule has 1 aliphatic heterocycles. The normalized spacial score (nSPS) is 21.6. The van der Waals surface area contributed by atoms with E-state index in [-0.39, 0.29) is 17.5 Å². The maximum absolute atomic E-state index is 13.1. The van der Waals surface area contributed by atoms with Crippen molar-refractivity contribution in [3.63, 3.8) is 0 Å². The first-order valence-electron chi connectivity index (χ1n) is 9.17. The quantitative estimate of drug-likeness (QED) is 0.860. The molecule has 2 fully saturated rings. The van der Waals surface area contributed by atoms with Gasteiger partial charge in [0.25, 0.3) is 5.91 Å². The first-order valence-corrected chi connectivity index (χ1v) is 9.17. The molecular weight excluding hydrogens is 316 g/mol. The highest BCUT2D eigenvalue weighted by Crippen LogP contribution is 2.42. The van der Waals surface area contributed by atoms with Crippen molar-refractivity contribution in [2.45, 2.75) is 64.0 Å². The summed E-state index contributed by atoms with van der Waals surface area (Å²) >= 11 is 0. The van der Waals surface area contributed by atoms with Crippen LogP contribution in [0.3, 0.4) is 0 Å². The fourth-order valence-corrected chi connectivity index (χ4v) is 3.63. The third-order valence-electron chi connectivity index (χ3n) is 5.08. The third kappa shape index (κ3) is 3.19. The zero-order valence-electron chi connectivity index (χ0n) is 15.2. The Balaban J connectivity index is 1.56. The molecule has 134 valence electrons. The second-order valence-electron chi connectivity index (χ2n) is 8.23. The minimum Gasteiger partial charge on any atom is -0.335 e. The molecule has 1 saturated carbocycles. The van der Waals surface area contributed by atoms with E-state index in [9.17, 15) is 4.79 Å². The lowest BCUT2D eigenvalue weighted by Crippen LogP contribution is -2.41. The topological polar surface area (TPSA) is 68.8 Å². The van der Waals surface area contributed by atoms with Gasteiger partial charge in [-0.3, -0.25) is 9.48 Å². The van der Waals surface area contributed by atoms with E-state index in [1.165, 1.54) is 18.5 Å². The van der Waals surface area contributed by atoms with Gasteiger partial charge in [0.1, 0.15) is 12.7 Å². The van der Waals surface area contributed by atoms with Gasteiger partial charge in [-0.25, -0.2) is 9.67 Å². The Morgan fingerprint density at radius 2 is 2.04 bits per heavy atom. The van der Waals surface area contributed by atoms with Crippen molar-refractivity contribution in [2.75, 3.05) is 13.1 Å². The number of aromatic nitrogens is 5. The minimum absolute atomic E-state index is 0.0368. The Kier molecular flexibility index (Phi) is 3.89. The zero-order chi connectivity index (χ0) is 17.6. The van der Waals surface area contributed by atoms with E-state index >= 15 is 0 Å². The van der Waals surface area contributed by atoms with Gasteiger partial charge in [0.05, 0.1) is 11.6 Å². The first-order chi connectivity index (χ1) is 11.9. The summed E-state index contributed by atoms with van der Waals surface area (Å²) in [5, 5.41) is 8.93. The van der Waals surface area contributed by atoms with Crippen molar-refractivity contribution >= 4 is 5.91 Å². The molecule has 3 heterocycles. The van der Waals surface area contributed by atoms with Crippen LogP contribution in [0.4, 0.5) is 0 Å². The van der Waals surface area contributed by atoms with E-state index in [0.29, 0.717) is 18.2 Å². The molecule has 0 unspecified atom stereocenters. The number of piperidine rings is 1. The maximum atomic E-state index is 13.1. The van der Waals surface area contributed by atoms with E-state index in [2.05, 4.69) is 35.5 Å². The van der Waals surface area contributed by atoms with Crippen LogP contribution in [0.5, 0.6) is 0 Å². The number of nitrogens with zero attached hydrogens (tertiary/aromatic N) is 6. The number of carbonyl (C=O) groups is 1. The van der Waals surface area contributed by atoms with Crippen LogP contribution in [-0.2, 0) is 5.54 Å². The standard InChI is InChI=1S/C18H26N6O/c1-18(2,3)24-16(13-6-7-13)9-15(21-24)17(25)22-8-4-5-14(10-22)23-12-19-11-20-23/h9,11-14H,4-8,10H2,1-3H3/t14-/m0/s1. The highest BCUT2D eigenvalue weighted by molar-refractivity contribution is 5.92. The molecule has 0 spiro atoms. The van der Waals surface area contributed by atoms with Crippen LogP contribution >= 0.6 is 0 Å². The lowest BCUT2D eigenvalue weighted by molar-refractivity contribution is 0.0665. The van der Waals surface area contributed by atoms with Gasteiger partial charge in [-0.15, -0.1) is 0 Å². The molecule has 0 radical (unpaired) electrons. The van der Waals surface area contributed by atoms with Crippen molar-refractivity contribution in [3.05, 3.63) is 30.1 Å². The van der Waals surface area contributed by atoms with E-state index in [4.69, 9.17) is 5.10 Å². The van der Waals surface area contributed by atoms with Crippen LogP contribution in [0, 0.1) is 0 Å². The van der Waals surface area contributed by atoms with Gasteiger partial charge in [0, 0.05) is 24.7 Å². The summed E-state index contributed by atoms with van der Waals surface area (Å²) in [6.07, 6.45) is 7.69. The van der Waals surface area contributed by atoms with E-state index in [1.807, 2.05) is 15.6 Å². The van der Waals surface area contributed by atoms with Crippen LogP contribution < -0.4 is 0 Å². The predicted molar refractivity (Wildman–Crippen MR) is 93.4 cm³/mol. The third-order valence-corrected chi connectivity index (χ3v) is 5.08. The minimum atomic E-state index is -0.110. The van der Waals surface area contributed by atoms with Crippen LogP contribution in [0.2, 0.25) is 0 Å². The molecule has 0 bridgehead atoms. The summed E-state index contributed by atoms with van der Waals surface area (Å²) in [6, 6.07) is 2.22. The summed E-state index contributed by atoms with van der Waals surface area (Å²) in [5.41, 5.74) is 1.68. The zero-order valence-corrected chi connectivity index (χ0v) is 15.2. The highest BCUT2D eigenvalue weighted by atomic mass is 16.2. The number of hydrogen-bond acceptors (Lipinski definition) is 4.